The number of hydrogen-bond acceptors (Lipinski definition) is 3. The van der Waals surface area contributed by atoms with Crippen molar-refractivity contribution in [2.45, 2.75) is 102 Å². The van der Waals surface area contributed by atoms with Gasteiger partial charge in [0.15, 0.2) is 0 Å². The average molecular weight is 821 g/mol. The standard InChI is InChI=1S/C42H46N4O.Pt/c1-29-19-22-43-40(23-29)46-39-27-32(17-18-35(39)34-13-7-8-14-36(34)42(46)20-11-6-12-21-42)47-33-25-30(41(2,3)4)24-31(26-33)45-28-44(5)37-15-9-10-16-38(37)45;/h9-10,15-19,22-25,34,36H,6-8,11-14,20-21H2,1-5H3;/q-2;/i5D3;. The third-order valence-corrected chi connectivity index (χ3v) is 12.2. The molecule has 0 saturated heterocycles. The van der Waals surface area contributed by atoms with Crippen LogP contribution in [-0.4, -0.2) is 19.7 Å². The third kappa shape index (κ3) is 5.32. The third-order valence-electron chi connectivity index (χ3n) is 11.2. The van der Waals surface area contributed by atoms with Gasteiger partial charge in [0.05, 0.1) is 0 Å². The Balaban J connectivity index is 1.28. The molecular weight excluding hydrogens is 772 g/mol. The van der Waals surface area contributed by atoms with Gasteiger partial charge in [0.25, 0.3) is 0 Å². The molecule has 3 aromatic carbocycles. The molecule has 1 spiro atoms. The Kier molecular flexibility index (Phi) is 7.20. The summed E-state index contributed by atoms with van der Waals surface area (Å²) in [5.41, 5.74) is 6.73. The molecule has 2 aliphatic carbocycles. The first-order chi connectivity index (χ1) is 24.3. The molecule has 3 aliphatic rings. The first-order valence-corrected chi connectivity index (χ1v) is 18.7. The number of rotatable bonds is 4. The van der Waals surface area contributed by atoms with E-state index in [1.165, 1.54) is 73.5 Å². The van der Waals surface area contributed by atoms with Crippen molar-refractivity contribution in [1.29, 1.82) is 0 Å². The van der Waals surface area contributed by atoms with Gasteiger partial charge in [-0.25, -0.2) is 0 Å². The van der Waals surface area contributed by atoms with Crippen LogP contribution >= 0.6 is 0 Å². The predicted molar refractivity (Wildman–Crippen MR) is 190 cm³/mol. The number of ether oxygens (including phenoxy) is 1. The van der Waals surface area contributed by atoms with Crippen molar-refractivity contribution in [3.63, 3.8) is 0 Å². The molecule has 1 aliphatic heterocycles. The van der Waals surface area contributed by atoms with Crippen LogP contribution in [0.5, 0.6) is 11.5 Å². The zero-order valence-electron chi connectivity index (χ0n) is 31.4. The number of aryl methyl sites for hydroxylation is 2. The van der Waals surface area contributed by atoms with Crippen molar-refractivity contribution in [1.82, 2.24) is 14.1 Å². The van der Waals surface area contributed by atoms with E-state index < -0.39 is 6.98 Å². The van der Waals surface area contributed by atoms with E-state index >= 15 is 0 Å². The Bertz CT molecular complexity index is 2170. The second-order valence-electron chi connectivity index (χ2n) is 15.2. The zero-order chi connectivity index (χ0) is 35.7. The number of benzene rings is 3. The molecule has 6 heteroatoms. The molecule has 2 unspecified atom stereocenters. The molecule has 252 valence electrons. The van der Waals surface area contributed by atoms with Crippen LogP contribution in [0.3, 0.4) is 0 Å². The second kappa shape index (κ2) is 12.2. The maximum atomic E-state index is 8.33. The van der Waals surface area contributed by atoms with Gasteiger partial charge in [-0.3, -0.25) is 0 Å². The van der Waals surface area contributed by atoms with Crippen LogP contribution in [0.15, 0.2) is 66.9 Å². The van der Waals surface area contributed by atoms with Gasteiger partial charge in [0, 0.05) is 6.20 Å². The van der Waals surface area contributed by atoms with Crippen LogP contribution in [0.4, 0.5) is 11.5 Å². The summed E-state index contributed by atoms with van der Waals surface area (Å²) < 4.78 is 35.8. The number of hydrogen-bond donors (Lipinski definition) is 0. The molecule has 5 nitrogen and oxygen atoms in total. The zero-order valence-corrected chi connectivity index (χ0v) is 30.7. The van der Waals surface area contributed by atoms with E-state index in [2.05, 4.69) is 100 Å². The van der Waals surface area contributed by atoms with Crippen molar-refractivity contribution in [2.75, 3.05) is 4.90 Å². The summed E-state index contributed by atoms with van der Waals surface area (Å²) in [7, 11) is 0. The molecule has 2 atom stereocenters. The van der Waals surface area contributed by atoms with Crippen LogP contribution < -0.4 is 9.64 Å². The van der Waals surface area contributed by atoms with Crippen molar-refractivity contribution in [3.8, 4) is 17.2 Å². The fraction of sp³-hybridized carbons (Fsp3) is 0.429. The van der Waals surface area contributed by atoms with E-state index in [0.29, 0.717) is 32.7 Å². The fourth-order valence-electron chi connectivity index (χ4n) is 8.90. The number of anilines is 2. The van der Waals surface area contributed by atoms with Gasteiger partial charge in [-0.15, -0.1) is 0 Å². The molecule has 8 rings (SSSR count). The minimum atomic E-state index is -2.34. The number of fused-ring (bicyclic) bond motifs is 5. The molecule has 0 radical (unpaired) electrons. The van der Waals surface area contributed by atoms with Crippen molar-refractivity contribution < 1.29 is 28.2 Å². The van der Waals surface area contributed by atoms with Crippen LogP contribution in [0.1, 0.15) is 105 Å². The Morgan fingerprint density at radius 3 is 2.48 bits per heavy atom. The van der Waals surface area contributed by atoms with E-state index in [1.54, 1.807) is 0 Å². The molecule has 48 heavy (non-hydrogen) atoms. The molecule has 2 fully saturated rings. The Morgan fingerprint density at radius 1 is 0.917 bits per heavy atom. The number of pyridine rings is 1. The van der Waals surface area contributed by atoms with Crippen molar-refractivity contribution in [2.24, 2.45) is 12.9 Å². The van der Waals surface area contributed by atoms with Gasteiger partial charge in [-0.1, -0.05) is 32.1 Å². The van der Waals surface area contributed by atoms with Crippen molar-refractivity contribution in [3.05, 3.63) is 99.5 Å². The Labute approximate surface area is 300 Å². The van der Waals surface area contributed by atoms with Gasteiger partial charge in [0.2, 0.25) is 0 Å². The summed E-state index contributed by atoms with van der Waals surface area (Å²) >= 11 is 2.12. The van der Waals surface area contributed by atoms with E-state index in [0.717, 1.165) is 28.3 Å². The van der Waals surface area contributed by atoms with Gasteiger partial charge >= 0.3 is 238 Å². The summed E-state index contributed by atoms with van der Waals surface area (Å²) in [6, 6.07) is 27.9. The molecule has 5 aromatic rings. The van der Waals surface area contributed by atoms with Crippen LogP contribution in [0.25, 0.3) is 16.7 Å². The summed E-state index contributed by atoms with van der Waals surface area (Å²) in [5, 5.41) is 0. The summed E-state index contributed by atoms with van der Waals surface area (Å²) in [6.07, 6.45) is 13.1. The molecule has 0 bridgehead atoms. The summed E-state index contributed by atoms with van der Waals surface area (Å²) in [6.45, 7) is 6.35. The summed E-state index contributed by atoms with van der Waals surface area (Å²) in [4.78, 5) is 7.59. The van der Waals surface area contributed by atoms with Crippen LogP contribution in [0, 0.1) is 28.8 Å². The molecular formula is C42H46N4OPt-2. The maximum absolute atomic E-state index is 8.33. The predicted octanol–water partition coefficient (Wildman–Crippen LogP) is 10.6. The van der Waals surface area contributed by atoms with Gasteiger partial charge in [-0.2, -0.15) is 0 Å². The number of aromatic nitrogens is 3. The molecule has 2 aromatic heterocycles. The van der Waals surface area contributed by atoms with Crippen LogP contribution in [-0.2, 0) is 31.7 Å². The van der Waals surface area contributed by atoms with Crippen molar-refractivity contribution >= 4 is 22.5 Å². The fourth-order valence-corrected chi connectivity index (χ4v) is 9.72. The second-order valence-corrected chi connectivity index (χ2v) is 16.2. The van der Waals surface area contributed by atoms with E-state index in [-0.39, 0.29) is 11.0 Å². The van der Waals surface area contributed by atoms with Gasteiger partial charge < -0.3 is 0 Å². The molecule has 2 saturated carbocycles. The van der Waals surface area contributed by atoms with E-state index in [4.69, 9.17) is 13.8 Å². The number of nitrogens with zero attached hydrogens (tertiary/aromatic N) is 4. The molecule has 0 N–H and O–H groups in total. The van der Waals surface area contributed by atoms with Crippen LogP contribution in [0.2, 0.25) is 0 Å². The number of imidazole rings is 1. The minimum absolute atomic E-state index is 0.0159. The first-order valence-electron chi connectivity index (χ1n) is 19.1. The Morgan fingerprint density at radius 2 is 1.71 bits per heavy atom. The molecule has 0 amide bonds. The average Bonchev–Trinajstić information content (AvgIpc) is 3.40. The monoisotopic (exact) mass is 820 g/mol. The normalized spacial score (nSPS) is 21.7. The topological polar surface area (TPSA) is 35.2 Å². The van der Waals surface area contributed by atoms with Gasteiger partial charge in [0.1, 0.15) is 0 Å². The van der Waals surface area contributed by atoms with Gasteiger partial charge in [-0.05, 0) is 25.0 Å². The Hall–Kier alpha value is -3.43. The molecule has 3 heterocycles. The van der Waals surface area contributed by atoms with E-state index in [1.807, 2.05) is 35.0 Å². The van der Waals surface area contributed by atoms with E-state index in [9.17, 15) is 0 Å². The quantitative estimate of drug-likeness (QED) is 0.170. The SMILES string of the molecule is [2H]C([2H])([2H])n1[c](=[Pt])n(-c2[c-]c(Oc3[c-]c4c(cc3)C3CCCCC3C3(CCCCC3)N4c3cc(C)ccn3)cc(C(C)(C)C)c2)c2ccccc21. The first kappa shape index (κ1) is 28.4. The summed E-state index contributed by atoms with van der Waals surface area (Å²) in [5.74, 6) is 3.33. The number of para-hydroxylation sites is 2.